The van der Waals surface area contributed by atoms with Crippen LogP contribution in [0.3, 0.4) is 0 Å². The lowest BCUT2D eigenvalue weighted by Crippen LogP contribution is -2.51. The molecule has 1 amide bonds. The number of ether oxygens (including phenoxy) is 2. The third-order valence-electron chi connectivity index (χ3n) is 3.77. The number of esters is 1. The van der Waals surface area contributed by atoms with Crippen molar-refractivity contribution in [2.24, 2.45) is 0 Å². The van der Waals surface area contributed by atoms with Crippen LogP contribution < -0.4 is 0 Å². The van der Waals surface area contributed by atoms with Crippen LogP contribution in [0.5, 0.6) is 0 Å². The Morgan fingerprint density at radius 1 is 1.46 bits per heavy atom. The van der Waals surface area contributed by atoms with E-state index in [2.05, 4.69) is 0 Å². The van der Waals surface area contributed by atoms with E-state index in [4.69, 9.17) is 9.47 Å². The Balaban J connectivity index is 2.18. The molecule has 0 N–H and O–H groups in total. The van der Waals surface area contributed by atoms with Gasteiger partial charge in [-0.25, -0.2) is 4.79 Å². The third-order valence-corrected chi connectivity index (χ3v) is 3.77. The molecule has 1 aromatic rings. The lowest BCUT2D eigenvalue weighted by Gasteiger charge is -2.36. The number of halogens is 3. The van der Waals surface area contributed by atoms with Crippen molar-refractivity contribution in [3.63, 3.8) is 0 Å². The maximum absolute atomic E-state index is 12.8. The van der Waals surface area contributed by atoms with Crippen molar-refractivity contribution >= 4 is 11.9 Å². The average Bonchev–Trinajstić information content (AvgIpc) is 2.54. The average molecular weight is 345 g/mol. The smallest absolute Gasteiger partial charge is 0.416 e. The first-order valence-corrected chi connectivity index (χ1v) is 7.49. The molecule has 0 radical (unpaired) electrons. The van der Waals surface area contributed by atoms with Crippen LogP contribution in [0.2, 0.25) is 0 Å². The number of hydrogen-bond acceptors (Lipinski definition) is 4. The zero-order valence-electron chi connectivity index (χ0n) is 13.3. The molecule has 2 rings (SSSR count). The molecule has 5 nitrogen and oxygen atoms in total. The number of carbonyl (C=O) groups is 2. The van der Waals surface area contributed by atoms with Gasteiger partial charge in [-0.2, -0.15) is 13.2 Å². The highest BCUT2D eigenvalue weighted by Crippen LogP contribution is 2.32. The molecule has 0 spiro atoms. The SMILES string of the molecule is CCOC(=O)C(C)N1CC(c2cccc(C(F)(F)F)c2)OCC1=O. The van der Waals surface area contributed by atoms with Crippen molar-refractivity contribution < 1.29 is 32.2 Å². The van der Waals surface area contributed by atoms with Crippen LogP contribution in [0.4, 0.5) is 13.2 Å². The molecule has 1 aromatic carbocycles. The summed E-state index contributed by atoms with van der Waals surface area (Å²) in [7, 11) is 0. The highest BCUT2D eigenvalue weighted by molar-refractivity contribution is 5.85. The van der Waals surface area contributed by atoms with Gasteiger partial charge >= 0.3 is 12.1 Å². The number of morpholine rings is 1. The van der Waals surface area contributed by atoms with E-state index in [9.17, 15) is 22.8 Å². The van der Waals surface area contributed by atoms with Crippen LogP contribution in [0, 0.1) is 0 Å². The Morgan fingerprint density at radius 2 is 2.17 bits per heavy atom. The van der Waals surface area contributed by atoms with Crippen LogP contribution >= 0.6 is 0 Å². The maximum Gasteiger partial charge on any atom is 0.416 e. The molecule has 0 aliphatic carbocycles. The van der Waals surface area contributed by atoms with E-state index in [0.29, 0.717) is 5.56 Å². The van der Waals surface area contributed by atoms with E-state index in [-0.39, 0.29) is 19.8 Å². The van der Waals surface area contributed by atoms with E-state index in [1.165, 1.54) is 24.0 Å². The minimum absolute atomic E-state index is 0.0138. The summed E-state index contributed by atoms with van der Waals surface area (Å²) < 4.78 is 48.7. The predicted molar refractivity (Wildman–Crippen MR) is 77.9 cm³/mol. The Kier molecular flexibility index (Phi) is 5.48. The van der Waals surface area contributed by atoms with Crippen molar-refractivity contribution in [3.05, 3.63) is 35.4 Å². The molecule has 1 saturated heterocycles. The Hall–Kier alpha value is -2.09. The standard InChI is InChI=1S/C16H18F3NO4/c1-3-23-15(22)10(2)20-8-13(24-9-14(20)21)11-5-4-6-12(7-11)16(17,18)19/h4-7,10,13H,3,8-9H2,1-2H3. The van der Waals surface area contributed by atoms with Gasteiger partial charge in [-0.3, -0.25) is 4.79 Å². The normalized spacial score (nSPS) is 20.0. The summed E-state index contributed by atoms with van der Waals surface area (Å²) >= 11 is 0. The maximum atomic E-state index is 12.8. The van der Waals surface area contributed by atoms with Gasteiger partial charge in [0.1, 0.15) is 18.8 Å². The number of amides is 1. The van der Waals surface area contributed by atoms with E-state index >= 15 is 0 Å². The molecule has 2 atom stereocenters. The third kappa shape index (κ3) is 4.05. The van der Waals surface area contributed by atoms with Crippen molar-refractivity contribution in [2.45, 2.75) is 32.2 Å². The van der Waals surface area contributed by atoms with Gasteiger partial charge in [-0.1, -0.05) is 12.1 Å². The monoisotopic (exact) mass is 345 g/mol. The fraction of sp³-hybridized carbons (Fsp3) is 0.500. The molecular formula is C16H18F3NO4. The number of alkyl halides is 3. The highest BCUT2D eigenvalue weighted by Gasteiger charge is 2.35. The van der Waals surface area contributed by atoms with E-state index in [0.717, 1.165) is 12.1 Å². The minimum atomic E-state index is -4.46. The summed E-state index contributed by atoms with van der Waals surface area (Å²) in [6.07, 6.45) is -5.19. The first-order valence-electron chi connectivity index (χ1n) is 7.49. The predicted octanol–water partition coefficient (Wildman–Crippen LogP) is 2.56. The van der Waals surface area contributed by atoms with Crippen LogP contribution in [0.15, 0.2) is 24.3 Å². The summed E-state index contributed by atoms with van der Waals surface area (Å²) in [5.74, 6) is -0.964. The summed E-state index contributed by atoms with van der Waals surface area (Å²) in [5, 5.41) is 0. The first kappa shape index (κ1) is 18.3. The van der Waals surface area contributed by atoms with Crippen molar-refractivity contribution in [3.8, 4) is 0 Å². The molecule has 2 unspecified atom stereocenters. The Labute approximate surface area is 137 Å². The lowest BCUT2D eigenvalue weighted by atomic mass is 10.0. The molecular weight excluding hydrogens is 327 g/mol. The van der Waals surface area contributed by atoms with E-state index < -0.39 is 35.8 Å². The minimum Gasteiger partial charge on any atom is -0.464 e. The van der Waals surface area contributed by atoms with Gasteiger partial charge in [-0.15, -0.1) is 0 Å². The van der Waals surface area contributed by atoms with Crippen LogP contribution in [0.25, 0.3) is 0 Å². The van der Waals surface area contributed by atoms with Gasteiger partial charge in [-0.05, 0) is 31.5 Å². The largest absolute Gasteiger partial charge is 0.464 e. The summed E-state index contributed by atoms with van der Waals surface area (Å²) in [6, 6.07) is 3.93. The highest BCUT2D eigenvalue weighted by atomic mass is 19.4. The van der Waals surface area contributed by atoms with Crippen LogP contribution in [-0.2, 0) is 25.2 Å². The second-order valence-corrected chi connectivity index (χ2v) is 5.40. The van der Waals surface area contributed by atoms with Crippen LogP contribution in [-0.4, -0.2) is 42.6 Å². The zero-order chi connectivity index (χ0) is 17.9. The molecule has 8 heteroatoms. The molecule has 132 valence electrons. The Bertz CT molecular complexity index is 618. The van der Waals surface area contributed by atoms with Gasteiger partial charge in [0, 0.05) is 0 Å². The van der Waals surface area contributed by atoms with Gasteiger partial charge in [0.15, 0.2) is 0 Å². The number of rotatable bonds is 4. The van der Waals surface area contributed by atoms with E-state index in [1.807, 2.05) is 0 Å². The molecule has 1 fully saturated rings. The molecule has 1 heterocycles. The molecule has 0 aromatic heterocycles. The fourth-order valence-corrected chi connectivity index (χ4v) is 2.47. The molecule has 0 saturated carbocycles. The lowest BCUT2D eigenvalue weighted by molar-refractivity contribution is -0.164. The topological polar surface area (TPSA) is 55.8 Å². The fourth-order valence-electron chi connectivity index (χ4n) is 2.47. The molecule has 1 aliphatic heterocycles. The molecule has 24 heavy (non-hydrogen) atoms. The molecule has 0 bridgehead atoms. The van der Waals surface area contributed by atoms with E-state index in [1.54, 1.807) is 6.92 Å². The van der Waals surface area contributed by atoms with Crippen molar-refractivity contribution in [1.29, 1.82) is 0 Å². The summed E-state index contributed by atoms with van der Waals surface area (Å²) in [4.78, 5) is 25.0. The van der Waals surface area contributed by atoms with Crippen LogP contribution in [0.1, 0.15) is 31.1 Å². The van der Waals surface area contributed by atoms with Gasteiger partial charge in [0.05, 0.1) is 18.7 Å². The van der Waals surface area contributed by atoms with Gasteiger partial charge in [0.2, 0.25) is 5.91 Å². The second kappa shape index (κ2) is 7.21. The number of carbonyl (C=O) groups excluding carboxylic acids is 2. The van der Waals surface area contributed by atoms with Crippen molar-refractivity contribution in [2.75, 3.05) is 19.8 Å². The van der Waals surface area contributed by atoms with Crippen molar-refractivity contribution in [1.82, 2.24) is 4.90 Å². The van der Waals surface area contributed by atoms with Gasteiger partial charge in [0.25, 0.3) is 0 Å². The summed E-state index contributed by atoms with van der Waals surface area (Å²) in [6.45, 7) is 3.03. The molecule has 1 aliphatic rings. The zero-order valence-corrected chi connectivity index (χ0v) is 13.3. The number of hydrogen-bond donors (Lipinski definition) is 0. The number of benzene rings is 1. The summed E-state index contributed by atoms with van der Waals surface area (Å²) in [5.41, 5.74) is -0.483. The first-order chi connectivity index (χ1) is 11.2. The van der Waals surface area contributed by atoms with Gasteiger partial charge < -0.3 is 14.4 Å². The quantitative estimate of drug-likeness (QED) is 0.787. The second-order valence-electron chi connectivity index (χ2n) is 5.40. The Morgan fingerprint density at radius 3 is 2.79 bits per heavy atom. The number of nitrogens with zero attached hydrogens (tertiary/aromatic N) is 1.